The highest BCUT2D eigenvalue weighted by molar-refractivity contribution is 5.98. The number of carboxylic acids is 1. The van der Waals surface area contributed by atoms with Crippen LogP contribution in [0.2, 0.25) is 0 Å². The summed E-state index contributed by atoms with van der Waals surface area (Å²) in [5, 5.41) is 15.6. The van der Waals surface area contributed by atoms with Crippen LogP contribution in [0.4, 0.5) is 8.78 Å². The molecule has 0 radical (unpaired) electrons. The van der Waals surface area contributed by atoms with Crippen molar-refractivity contribution in [2.45, 2.75) is 90.2 Å². The molecule has 10 heteroatoms. The predicted octanol–water partition coefficient (Wildman–Crippen LogP) is 4.99. The first kappa shape index (κ1) is 28.6. The summed E-state index contributed by atoms with van der Waals surface area (Å²) in [5.74, 6) is -2.68. The van der Waals surface area contributed by atoms with Gasteiger partial charge in [-0.2, -0.15) is 0 Å². The van der Waals surface area contributed by atoms with E-state index in [0.717, 1.165) is 38.2 Å². The Morgan fingerprint density at radius 1 is 1.02 bits per heavy atom. The van der Waals surface area contributed by atoms with Crippen LogP contribution in [-0.4, -0.2) is 48.4 Å². The maximum absolute atomic E-state index is 15.0. The van der Waals surface area contributed by atoms with E-state index < -0.39 is 36.1 Å². The summed E-state index contributed by atoms with van der Waals surface area (Å²) >= 11 is 0. The van der Waals surface area contributed by atoms with Crippen molar-refractivity contribution in [1.29, 1.82) is 0 Å². The Bertz CT molecular complexity index is 1150. The summed E-state index contributed by atoms with van der Waals surface area (Å²) in [6.45, 7) is 3.25. The second-order valence-electron chi connectivity index (χ2n) is 13.0. The Morgan fingerprint density at radius 2 is 1.73 bits per heavy atom. The van der Waals surface area contributed by atoms with Crippen molar-refractivity contribution in [2.24, 2.45) is 28.6 Å². The number of hydrogen-bond acceptors (Lipinski definition) is 5. The van der Waals surface area contributed by atoms with Crippen molar-refractivity contribution in [3.8, 4) is 11.5 Å². The summed E-state index contributed by atoms with van der Waals surface area (Å²) in [6.07, 6.45) is 7.29. The smallest absolute Gasteiger partial charge is 0.309 e. The summed E-state index contributed by atoms with van der Waals surface area (Å²) < 4.78 is 39.0. The minimum atomic E-state index is -1.24. The van der Waals surface area contributed by atoms with Crippen LogP contribution in [0.5, 0.6) is 11.5 Å². The molecule has 2 bridgehead atoms. The lowest BCUT2D eigenvalue weighted by Gasteiger charge is -2.39. The molecule has 4 aliphatic carbocycles. The van der Waals surface area contributed by atoms with Crippen LogP contribution in [0.1, 0.15) is 88.4 Å². The van der Waals surface area contributed by atoms with E-state index in [0.29, 0.717) is 32.2 Å². The second-order valence-corrected chi connectivity index (χ2v) is 13.0. The molecule has 40 heavy (non-hydrogen) atoms. The standard InChI is InChI=1S/C30H40F2N2O6/c1-29(8-3-9-29)15-33-27(36)24-17-4-5-18(12-17)25(24)34-26(35)20-13-23(21(32)14-22(20)39-16-31)40-19-6-10-30(2,11-7-19)28(37)38/h13-14,17-19,24-25H,3-12,15-16H2,1-2H3,(H,33,36)(H,34,35)(H,37,38). The van der Waals surface area contributed by atoms with Gasteiger partial charge in [0.1, 0.15) is 5.75 Å². The van der Waals surface area contributed by atoms with Crippen molar-refractivity contribution in [3.05, 3.63) is 23.5 Å². The highest BCUT2D eigenvalue weighted by atomic mass is 19.1. The number of carboxylic acid groups (broad SMARTS) is 1. The third-order valence-corrected chi connectivity index (χ3v) is 10.1. The van der Waals surface area contributed by atoms with Crippen LogP contribution in [-0.2, 0) is 9.59 Å². The van der Waals surface area contributed by atoms with E-state index >= 15 is 0 Å². The van der Waals surface area contributed by atoms with Crippen LogP contribution in [0, 0.1) is 34.4 Å². The van der Waals surface area contributed by atoms with Gasteiger partial charge in [0.25, 0.3) is 5.91 Å². The Labute approximate surface area is 233 Å². The lowest BCUT2D eigenvalue weighted by molar-refractivity contribution is -0.150. The van der Waals surface area contributed by atoms with Crippen LogP contribution in [0.3, 0.4) is 0 Å². The van der Waals surface area contributed by atoms with E-state index in [9.17, 15) is 28.3 Å². The Balaban J connectivity index is 1.30. The van der Waals surface area contributed by atoms with Crippen LogP contribution < -0.4 is 20.1 Å². The SMILES string of the molecule is CC1(CNC(=O)C2C3CCC(C3)C2NC(=O)c2cc(OC3CCC(C)(C(=O)O)CC3)c(F)cc2OCF)CCC1. The molecule has 0 spiro atoms. The van der Waals surface area contributed by atoms with Crippen molar-refractivity contribution in [2.75, 3.05) is 13.4 Å². The van der Waals surface area contributed by atoms with Gasteiger partial charge in [0, 0.05) is 18.7 Å². The number of halogens is 2. The number of nitrogens with one attached hydrogen (secondary N) is 2. The van der Waals surface area contributed by atoms with Crippen LogP contribution in [0.25, 0.3) is 0 Å². The van der Waals surface area contributed by atoms with Gasteiger partial charge < -0.3 is 25.2 Å². The zero-order valence-corrected chi connectivity index (χ0v) is 23.3. The van der Waals surface area contributed by atoms with Gasteiger partial charge in [0.15, 0.2) is 11.6 Å². The molecule has 5 rings (SSSR count). The number of amides is 2. The second kappa shape index (κ2) is 11.2. The van der Waals surface area contributed by atoms with E-state index in [1.54, 1.807) is 6.92 Å². The van der Waals surface area contributed by atoms with E-state index in [4.69, 9.17) is 9.47 Å². The normalized spacial score (nSPS) is 32.1. The monoisotopic (exact) mass is 562 g/mol. The summed E-state index contributed by atoms with van der Waals surface area (Å²) in [7, 11) is 0. The molecule has 1 aromatic carbocycles. The van der Waals surface area contributed by atoms with Gasteiger partial charge in [0.2, 0.25) is 12.8 Å². The van der Waals surface area contributed by atoms with E-state index in [1.165, 1.54) is 12.5 Å². The molecule has 0 aliphatic heterocycles. The molecule has 0 saturated heterocycles. The average molecular weight is 563 g/mol. The van der Waals surface area contributed by atoms with Crippen molar-refractivity contribution in [1.82, 2.24) is 10.6 Å². The number of carbonyl (C=O) groups excluding carboxylic acids is 2. The third kappa shape index (κ3) is 5.63. The first-order valence-corrected chi connectivity index (χ1v) is 14.5. The van der Waals surface area contributed by atoms with Crippen molar-refractivity contribution in [3.63, 3.8) is 0 Å². The topological polar surface area (TPSA) is 114 Å². The number of rotatable bonds is 10. The maximum Gasteiger partial charge on any atom is 0.309 e. The molecular formula is C30H40F2N2O6. The molecule has 4 unspecified atom stereocenters. The maximum atomic E-state index is 15.0. The fourth-order valence-electron chi connectivity index (χ4n) is 7.20. The lowest BCUT2D eigenvalue weighted by Crippen LogP contribution is -2.51. The highest BCUT2D eigenvalue weighted by Gasteiger charge is 2.52. The molecule has 0 aromatic heterocycles. The first-order valence-electron chi connectivity index (χ1n) is 14.5. The predicted molar refractivity (Wildman–Crippen MR) is 142 cm³/mol. The zero-order valence-electron chi connectivity index (χ0n) is 23.3. The Hall–Kier alpha value is -2.91. The molecular weight excluding hydrogens is 522 g/mol. The van der Waals surface area contributed by atoms with E-state index in [1.807, 2.05) is 0 Å². The molecule has 8 nitrogen and oxygen atoms in total. The minimum Gasteiger partial charge on any atom is -0.487 e. The molecule has 4 atom stereocenters. The summed E-state index contributed by atoms with van der Waals surface area (Å²) in [6, 6.07) is 1.79. The Morgan fingerprint density at radius 3 is 2.35 bits per heavy atom. The van der Waals surface area contributed by atoms with Crippen LogP contribution in [0.15, 0.2) is 12.1 Å². The fraction of sp³-hybridized carbons (Fsp3) is 0.700. The highest BCUT2D eigenvalue weighted by Crippen LogP contribution is 2.49. The quantitative estimate of drug-likeness (QED) is 0.370. The van der Waals surface area contributed by atoms with Gasteiger partial charge in [-0.05, 0) is 88.0 Å². The minimum absolute atomic E-state index is 0.0420. The molecule has 2 amide bonds. The average Bonchev–Trinajstić information content (AvgIpc) is 3.51. The Kier molecular flexibility index (Phi) is 7.99. The fourth-order valence-corrected chi connectivity index (χ4v) is 7.20. The largest absolute Gasteiger partial charge is 0.487 e. The number of benzene rings is 1. The first-order chi connectivity index (χ1) is 19.0. The molecule has 0 heterocycles. The van der Waals surface area contributed by atoms with Crippen LogP contribution >= 0.6 is 0 Å². The number of aliphatic carboxylic acids is 1. The number of carbonyl (C=O) groups is 3. The number of ether oxygens (including phenoxy) is 2. The van der Waals surface area contributed by atoms with E-state index in [2.05, 4.69) is 17.6 Å². The molecule has 4 saturated carbocycles. The summed E-state index contributed by atoms with van der Waals surface area (Å²) in [5.41, 5.74) is -0.773. The van der Waals surface area contributed by atoms with Gasteiger partial charge in [-0.25, -0.2) is 8.78 Å². The van der Waals surface area contributed by atoms with Gasteiger partial charge in [-0.15, -0.1) is 0 Å². The third-order valence-electron chi connectivity index (χ3n) is 10.1. The molecule has 4 aliphatic rings. The van der Waals surface area contributed by atoms with Crippen molar-refractivity contribution >= 4 is 17.8 Å². The number of fused-ring (bicyclic) bond motifs is 2. The molecule has 220 valence electrons. The number of alkyl halides is 1. The van der Waals surface area contributed by atoms with Gasteiger partial charge in [-0.1, -0.05) is 13.3 Å². The van der Waals surface area contributed by atoms with Gasteiger partial charge >= 0.3 is 5.97 Å². The van der Waals surface area contributed by atoms with Gasteiger partial charge in [-0.3, -0.25) is 14.4 Å². The molecule has 1 aromatic rings. The molecule has 3 N–H and O–H groups in total. The van der Waals surface area contributed by atoms with Gasteiger partial charge in [0.05, 0.1) is 23.0 Å². The summed E-state index contributed by atoms with van der Waals surface area (Å²) in [4.78, 5) is 38.4. The zero-order chi connectivity index (χ0) is 28.7. The van der Waals surface area contributed by atoms with Crippen molar-refractivity contribution < 1.29 is 37.7 Å². The van der Waals surface area contributed by atoms with E-state index in [-0.39, 0.29) is 52.2 Å². The number of hydrogen-bond donors (Lipinski definition) is 3. The lowest BCUT2D eigenvalue weighted by atomic mass is 9.70. The molecule has 4 fully saturated rings.